The number of guanidine groups is 1. The van der Waals surface area contributed by atoms with Crippen LogP contribution in [0.25, 0.3) is 0 Å². The van der Waals surface area contributed by atoms with E-state index in [0.717, 1.165) is 23.8 Å². The van der Waals surface area contributed by atoms with E-state index in [1.165, 1.54) is 0 Å². The van der Waals surface area contributed by atoms with Crippen molar-refractivity contribution in [1.82, 2.24) is 10.6 Å². The van der Waals surface area contributed by atoms with E-state index >= 15 is 0 Å². The highest BCUT2D eigenvalue weighted by atomic mass is 16.5. The van der Waals surface area contributed by atoms with Gasteiger partial charge in [-0.25, -0.2) is 4.99 Å². The van der Waals surface area contributed by atoms with Crippen LogP contribution in [-0.4, -0.2) is 38.9 Å². The van der Waals surface area contributed by atoms with Crippen molar-refractivity contribution in [1.29, 1.82) is 0 Å². The Balaban J connectivity index is 2.53. The van der Waals surface area contributed by atoms with Crippen molar-refractivity contribution in [2.24, 2.45) is 4.99 Å². The molecule has 0 amide bonds. The molecule has 5 nitrogen and oxygen atoms in total. The molecule has 118 valence electrons. The molecule has 0 fully saturated rings. The first-order chi connectivity index (χ1) is 10.2. The molecule has 1 rings (SSSR count). The third-order valence-electron chi connectivity index (χ3n) is 2.67. The van der Waals surface area contributed by atoms with E-state index in [4.69, 9.17) is 9.47 Å². The minimum absolute atomic E-state index is 0.361. The van der Waals surface area contributed by atoms with E-state index in [1.807, 2.05) is 24.3 Å². The molecule has 5 heteroatoms. The number of nitrogens with one attached hydrogen (secondary N) is 2. The summed E-state index contributed by atoms with van der Waals surface area (Å²) in [5, 5.41) is 6.53. The Morgan fingerprint density at radius 1 is 1.19 bits per heavy atom. The van der Waals surface area contributed by atoms with Gasteiger partial charge in [-0.1, -0.05) is 12.1 Å². The van der Waals surface area contributed by atoms with Crippen LogP contribution in [0.2, 0.25) is 0 Å². The van der Waals surface area contributed by atoms with Gasteiger partial charge in [0, 0.05) is 19.7 Å². The molecular weight excluding hydrogens is 266 g/mol. The van der Waals surface area contributed by atoms with E-state index in [1.54, 1.807) is 7.11 Å². The fourth-order valence-electron chi connectivity index (χ4n) is 1.70. The summed E-state index contributed by atoms with van der Waals surface area (Å²) in [6.45, 7) is 8.91. The SMILES string of the molecule is CCNC(=NCc1ccc(OCCOC)cc1)NC(C)C. The summed E-state index contributed by atoms with van der Waals surface area (Å²) in [7, 11) is 1.66. The van der Waals surface area contributed by atoms with Crippen LogP contribution in [0.15, 0.2) is 29.3 Å². The number of hydrogen-bond donors (Lipinski definition) is 2. The smallest absolute Gasteiger partial charge is 0.191 e. The summed E-state index contributed by atoms with van der Waals surface area (Å²) < 4.78 is 10.5. The number of ether oxygens (including phenoxy) is 2. The number of rotatable bonds is 8. The summed E-state index contributed by atoms with van der Waals surface area (Å²) in [4.78, 5) is 4.56. The molecule has 0 aromatic heterocycles. The lowest BCUT2D eigenvalue weighted by molar-refractivity contribution is 0.146. The number of benzene rings is 1. The largest absolute Gasteiger partial charge is 0.491 e. The van der Waals surface area contributed by atoms with Gasteiger partial charge in [0.1, 0.15) is 12.4 Å². The topological polar surface area (TPSA) is 54.9 Å². The summed E-state index contributed by atoms with van der Waals surface area (Å²) in [5.74, 6) is 1.69. The zero-order chi connectivity index (χ0) is 15.5. The molecule has 0 saturated heterocycles. The Morgan fingerprint density at radius 2 is 1.90 bits per heavy atom. The molecule has 0 aliphatic rings. The number of nitrogens with zero attached hydrogens (tertiary/aromatic N) is 1. The van der Waals surface area contributed by atoms with Crippen LogP contribution in [0.1, 0.15) is 26.3 Å². The summed E-state index contributed by atoms with van der Waals surface area (Å²) in [6, 6.07) is 8.35. The van der Waals surface area contributed by atoms with Crippen molar-refractivity contribution in [3.05, 3.63) is 29.8 Å². The van der Waals surface area contributed by atoms with Gasteiger partial charge in [0.05, 0.1) is 13.2 Å². The Hall–Kier alpha value is -1.75. The minimum atomic E-state index is 0.361. The summed E-state index contributed by atoms with van der Waals surface area (Å²) in [6.07, 6.45) is 0. The first kappa shape index (κ1) is 17.3. The standard InChI is InChI=1S/C16H27N3O2/c1-5-17-16(19-13(2)3)18-12-14-6-8-15(9-7-14)21-11-10-20-4/h6-9,13H,5,10-12H2,1-4H3,(H2,17,18,19). The average molecular weight is 293 g/mol. The molecule has 0 aliphatic heterocycles. The van der Waals surface area contributed by atoms with E-state index in [0.29, 0.717) is 25.8 Å². The van der Waals surface area contributed by atoms with Gasteiger partial charge in [0.15, 0.2) is 5.96 Å². The zero-order valence-electron chi connectivity index (χ0n) is 13.5. The molecule has 0 atom stereocenters. The molecule has 1 aromatic carbocycles. The normalized spacial score (nSPS) is 11.6. The van der Waals surface area contributed by atoms with E-state index < -0.39 is 0 Å². The summed E-state index contributed by atoms with van der Waals surface area (Å²) >= 11 is 0. The molecule has 1 aromatic rings. The van der Waals surface area contributed by atoms with Gasteiger partial charge >= 0.3 is 0 Å². The number of methoxy groups -OCH3 is 1. The first-order valence-corrected chi connectivity index (χ1v) is 7.41. The Kier molecular flexibility index (Phi) is 8.28. The molecule has 2 N–H and O–H groups in total. The molecule has 0 unspecified atom stereocenters. The average Bonchev–Trinajstić information content (AvgIpc) is 2.46. The minimum Gasteiger partial charge on any atom is -0.491 e. The molecule has 0 bridgehead atoms. The number of aliphatic imine (C=N–C) groups is 1. The Morgan fingerprint density at radius 3 is 2.48 bits per heavy atom. The lowest BCUT2D eigenvalue weighted by Gasteiger charge is -2.14. The van der Waals surface area contributed by atoms with Crippen molar-refractivity contribution >= 4 is 5.96 Å². The molecule has 0 radical (unpaired) electrons. The van der Waals surface area contributed by atoms with Crippen molar-refractivity contribution < 1.29 is 9.47 Å². The molecule has 0 saturated carbocycles. The highest BCUT2D eigenvalue weighted by Gasteiger charge is 2.00. The second kappa shape index (κ2) is 10.0. The van der Waals surface area contributed by atoms with Crippen molar-refractivity contribution in [2.75, 3.05) is 26.9 Å². The van der Waals surface area contributed by atoms with E-state index in [9.17, 15) is 0 Å². The van der Waals surface area contributed by atoms with Gasteiger partial charge in [0.25, 0.3) is 0 Å². The highest BCUT2D eigenvalue weighted by molar-refractivity contribution is 5.79. The van der Waals surface area contributed by atoms with Crippen LogP contribution in [0.4, 0.5) is 0 Å². The lowest BCUT2D eigenvalue weighted by Crippen LogP contribution is -2.40. The van der Waals surface area contributed by atoms with Crippen molar-refractivity contribution in [3.63, 3.8) is 0 Å². The predicted octanol–water partition coefficient (Wildman–Crippen LogP) is 2.18. The Labute approximate surface area is 127 Å². The second-order valence-electron chi connectivity index (χ2n) is 4.98. The van der Waals surface area contributed by atoms with Crippen LogP contribution in [-0.2, 0) is 11.3 Å². The van der Waals surface area contributed by atoms with Gasteiger partial charge in [0.2, 0.25) is 0 Å². The molecule has 0 aliphatic carbocycles. The first-order valence-electron chi connectivity index (χ1n) is 7.41. The molecular formula is C16H27N3O2. The fraction of sp³-hybridized carbons (Fsp3) is 0.562. The van der Waals surface area contributed by atoms with Gasteiger partial charge in [-0.3, -0.25) is 0 Å². The van der Waals surface area contributed by atoms with Crippen molar-refractivity contribution in [3.8, 4) is 5.75 Å². The van der Waals surface area contributed by atoms with Crippen LogP contribution in [0.3, 0.4) is 0 Å². The monoisotopic (exact) mass is 293 g/mol. The quantitative estimate of drug-likeness (QED) is 0.438. The molecule has 0 spiro atoms. The predicted molar refractivity (Wildman–Crippen MR) is 86.9 cm³/mol. The Bertz CT molecular complexity index is 416. The van der Waals surface area contributed by atoms with E-state index in [2.05, 4.69) is 36.4 Å². The fourth-order valence-corrected chi connectivity index (χ4v) is 1.70. The third-order valence-corrected chi connectivity index (χ3v) is 2.67. The summed E-state index contributed by atoms with van der Waals surface area (Å²) in [5.41, 5.74) is 1.15. The van der Waals surface area contributed by atoms with Crippen LogP contribution in [0.5, 0.6) is 5.75 Å². The highest BCUT2D eigenvalue weighted by Crippen LogP contribution is 2.12. The maximum absolute atomic E-state index is 5.53. The van der Waals surface area contributed by atoms with Crippen LogP contribution in [0, 0.1) is 0 Å². The van der Waals surface area contributed by atoms with Crippen LogP contribution >= 0.6 is 0 Å². The van der Waals surface area contributed by atoms with Crippen molar-refractivity contribution in [2.45, 2.75) is 33.4 Å². The van der Waals surface area contributed by atoms with Gasteiger partial charge in [-0.2, -0.15) is 0 Å². The molecule has 21 heavy (non-hydrogen) atoms. The van der Waals surface area contributed by atoms with Gasteiger partial charge in [-0.15, -0.1) is 0 Å². The van der Waals surface area contributed by atoms with Gasteiger partial charge < -0.3 is 20.1 Å². The molecule has 0 heterocycles. The second-order valence-corrected chi connectivity index (χ2v) is 4.98. The lowest BCUT2D eigenvalue weighted by atomic mass is 10.2. The number of hydrogen-bond acceptors (Lipinski definition) is 3. The third kappa shape index (κ3) is 7.56. The van der Waals surface area contributed by atoms with Crippen LogP contribution < -0.4 is 15.4 Å². The zero-order valence-corrected chi connectivity index (χ0v) is 13.5. The van der Waals surface area contributed by atoms with Gasteiger partial charge in [-0.05, 0) is 38.5 Å². The van der Waals surface area contributed by atoms with E-state index in [-0.39, 0.29) is 0 Å². The maximum atomic E-state index is 5.53. The maximum Gasteiger partial charge on any atom is 0.191 e.